The van der Waals surface area contributed by atoms with Crippen LogP contribution in [0.4, 0.5) is 10.1 Å². The third-order valence-corrected chi connectivity index (χ3v) is 5.48. The van der Waals surface area contributed by atoms with Crippen LogP contribution >= 0.6 is 11.8 Å². The molecule has 0 unspecified atom stereocenters. The van der Waals surface area contributed by atoms with Gasteiger partial charge in [-0.15, -0.1) is 11.8 Å². The molecule has 1 N–H and O–H groups in total. The molecule has 1 fully saturated rings. The van der Waals surface area contributed by atoms with Gasteiger partial charge in [-0.3, -0.25) is 14.5 Å². The number of hydrogen-bond acceptors (Lipinski definition) is 4. The van der Waals surface area contributed by atoms with Crippen LogP contribution in [0.25, 0.3) is 0 Å². The molecule has 1 saturated heterocycles. The van der Waals surface area contributed by atoms with E-state index in [9.17, 15) is 14.0 Å². The van der Waals surface area contributed by atoms with Gasteiger partial charge in [0, 0.05) is 38.4 Å². The van der Waals surface area contributed by atoms with E-state index < -0.39 is 0 Å². The second-order valence-electron chi connectivity index (χ2n) is 6.69. The molecule has 0 atom stereocenters. The van der Waals surface area contributed by atoms with Crippen LogP contribution < -0.4 is 5.32 Å². The minimum atomic E-state index is -0.346. The summed E-state index contributed by atoms with van der Waals surface area (Å²) in [6.45, 7) is 4.05. The van der Waals surface area contributed by atoms with Crippen molar-refractivity contribution in [1.29, 1.82) is 0 Å². The Kier molecular flexibility index (Phi) is 7.45. The van der Waals surface area contributed by atoms with E-state index in [4.69, 9.17) is 0 Å². The Morgan fingerprint density at radius 1 is 0.929 bits per heavy atom. The SMILES string of the molecule is O=C(CSCC(=O)N1CCN(Cc2ccccc2)CC1)Nc1ccc(F)cc1. The summed E-state index contributed by atoms with van der Waals surface area (Å²) in [7, 11) is 0. The highest BCUT2D eigenvalue weighted by molar-refractivity contribution is 8.00. The number of anilines is 1. The fourth-order valence-corrected chi connectivity index (χ4v) is 3.77. The average molecular weight is 402 g/mol. The van der Waals surface area contributed by atoms with Crippen LogP contribution in [0.3, 0.4) is 0 Å². The molecule has 0 aliphatic carbocycles. The van der Waals surface area contributed by atoms with Crippen molar-refractivity contribution in [2.24, 2.45) is 0 Å². The molecular formula is C21H24FN3O2S. The fraction of sp³-hybridized carbons (Fsp3) is 0.333. The molecule has 2 amide bonds. The van der Waals surface area contributed by atoms with Crippen molar-refractivity contribution in [3.8, 4) is 0 Å². The molecule has 1 heterocycles. The van der Waals surface area contributed by atoms with E-state index in [1.54, 1.807) is 0 Å². The second kappa shape index (κ2) is 10.2. The fourth-order valence-electron chi connectivity index (χ4n) is 3.05. The Bertz CT molecular complexity index is 778. The van der Waals surface area contributed by atoms with Gasteiger partial charge in [-0.25, -0.2) is 4.39 Å². The van der Waals surface area contributed by atoms with Crippen molar-refractivity contribution >= 4 is 29.3 Å². The predicted octanol–water partition coefficient (Wildman–Crippen LogP) is 2.84. The molecule has 2 aromatic rings. The molecule has 0 spiro atoms. The van der Waals surface area contributed by atoms with E-state index >= 15 is 0 Å². The van der Waals surface area contributed by atoms with Crippen LogP contribution in [-0.4, -0.2) is 59.3 Å². The Labute approximate surface area is 168 Å². The summed E-state index contributed by atoms with van der Waals surface area (Å²) in [5.41, 5.74) is 1.83. The van der Waals surface area contributed by atoms with Gasteiger partial charge >= 0.3 is 0 Å². The summed E-state index contributed by atoms with van der Waals surface area (Å²) in [6.07, 6.45) is 0. The number of carbonyl (C=O) groups excluding carboxylic acids is 2. The summed E-state index contributed by atoms with van der Waals surface area (Å²) in [5.74, 6) is 0.00459. The molecule has 1 aliphatic heterocycles. The summed E-state index contributed by atoms with van der Waals surface area (Å²) < 4.78 is 12.9. The summed E-state index contributed by atoms with van der Waals surface area (Å²) in [4.78, 5) is 28.5. The van der Waals surface area contributed by atoms with Gasteiger partial charge in [0.2, 0.25) is 11.8 Å². The number of benzene rings is 2. The number of hydrogen-bond donors (Lipinski definition) is 1. The number of rotatable bonds is 7. The van der Waals surface area contributed by atoms with E-state index in [1.165, 1.54) is 41.6 Å². The van der Waals surface area contributed by atoms with E-state index in [0.29, 0.717) is 18.8 Å². The van der Waals surface area contributed by atoms with Gasteiger partial charge in [-0.05, 0) is 29.8 Å². The van der Waals surface area contributed by atoms with Crippen LogP contribution in [-0.2, 0) is 16.1 Å². The molecule has 1 aliphatic rings. The highest BCUT2D eigenvalue weighted by Gasteiger charge is 2.21. The molecular weight excluding hydrogens is 377 g/mol. The zero-order chi connectivity index (χ0) is 19.8. The largest absolute Gasteiger partial charge is 0.339 e. The molecule has 148 valence electrons. The number of carbonyl (C=O) groups is 2. The molecule has 0 bridgehead atoms. The summed E-state index contributed by atoms with van der Waals surface area (Å²) in [5, 5.41) is 2.69. The van der Waals surface area contributed by atoms with E-state index in [0.717, 1.165) is 19.6 Å². The number of thioether (sulfide) groups is 1. The van der Waals surface area contributed by atoms with Gasteiger partial charge in [0.25, 0.3) is 0 Å². The minimum Gasteiger partial charge on any atom is -0.339 e. The van der Waals surface area contributed by atoms with Crippen LogP contribution in [0.5, 0.6) is 0 Å². The summed E-state index contributed by atoms with van der Waals surface area (Å²) in [6, 6.07) is 15.9. The Morgan fingerprint density at radius 3 is 2.29 bits per heavy atom. The lowest BCUT2D eigenvalue weighted by molar-refractivity contribution is -0.130. The highest BCUT2D eigenvalue weighted by atomic mass is 32.2. The zero-order valence-electron chi connectivity index (χ0n) is 15.6. The quantitative estimate of drug-likeness (QED) is 0.775. The monoisotopic (exact) mass is 401 g/mol. The third-order valence-electron chi connectivity index (χ3n) is 4.56. The lowest BCUT2D eigenvalue weighted by Gasteiger charge is -2.34. The van der Waals surface area contributed by atoms with Crippen molar-refractivity contribution in [1.82, 2.24) is 9.80 Å². The van der Waals surface area contributed by atoms with Gasteiger partial charge in [0.15, 0.2) is 0 Å². The van der Waals surface area contributed by atoms with Crippen LogP contribution in [0.15, 0.2) is 54.6 Å². The molecule has 0 aromatic heterocycles. The highest BCUT2D eigenvalue weighted by Crippen LogP contribution is 2.12. The first-order chi connectivity index (χ1) is 13.6. The van der Waals surface area contributed by atoms with Crippen molar-refractivity contribution in [3.05, 3.63) is 66.0 Å². The molecule has 0 saturated carbocycles. The number of amides is 2. The van der Waals surface area contributed by atoms with Gasteiger partial charge in [-0.2, -0.15) is 0 Å². The second-order valence-corrected chi connectivity index (χ2v) is 7.68. The van der Waals surface area contributed by atoms with Crippen LogP contribution in [0, 0.1) is 5.82 Å². The number of piperazine rings is 1. The molecule has 3 rings (SSSR count). The Hall–Kier alpha value is -2.38. The molecule has 0 radical (unpaired) electrons. The van der Waals surface area contributed by atoms with Gasteiger partial charge < -0.3 is 10.2 Å². The maximum Gasteiger partial charge on any atom is 0.234 e. The molecule has 2 aromatic carbocycles. The number of nitrogens with one attached hydrogen (secondary N) is 1. The van der Waals surface area contributed by atoms with Crippen molar-refractivity contribution in [3.63, 3.8) is 0 Å². The first kappa shape index (κ1) is 20.4. The van der Waals surface area contributed by atoms with Crippen molar-refractivity contribution in [2.45, 2.75) is 6.54 Å². The molecule has 5 nitrogen and oxygen atoms in total. The van der Waals surface area contributed by atoms with E-state index in [1.807, 2.05) is 23.1 Å². The predicted molar refractivity (Wildman–Crippen MR) is 111 cm³/mol. The lowest BCUT2D eigenvalue weighted by atomic mass is 10.2. The summed E-state index contributed by atoms with van der Waals surface area (Å²) >= 11 is 1.30. The van der Waals surface area contributed by atoms with Crippen molar-refractivity contribution < 1.29 is 14.0 Å². The average Bonchev–Trinajstić information content (AvgIpc) is 2.71. The van der Waals surface area contributed by atoms with Crippen LogP contribution in [0.1, 0.15) is 5.56 Å². The lowest BCUT2D eigenvalue weighted by Crippen LogP contribution is -2.48. The van der Waals surface area contributed by atoms with Gasteiger partial charge in [-0.1, -0.05) is 30.3 Å². The zero-order valence-corrected chi connectivity index (χ0v) is 16.5. The van der Waals surface area contributed by atoms with Crippen molar-refractivity contribution in [2.75, 3.05) is 43.0 Å². The van der Waals surface area contributed by atoms with Gasteiger partial charge in [0.05, 0.1) is 11.5 Å². The van der Waals surface area contributed by atoms with E-state index in [-0.39, 0.29) is 29.1 Å². The molecule has 28 heavy (non-hydrogen) atoms. The van der Waals surface area contributed by atoms with E-state index in [2.05, 4.69) is 22.3 Å². The topological polar surface area (TPSA) is 52.7 Å². The molecule has 7 heteroatoms. The Balaban J connectivity index is 1.33. The van der Waals surface area contributed by atoms with Gasteiger partial charge in [0.1, 0.15) is 5.82 Å². The standard InChI is InChI=1S/C21H24FN3O2S/c22-18-6-8-19(9-7-18)23-20(26)15-28-16-21(27)25-12-10-24(11-13-25)14-17-4-2-1-3-5-17/h1-9H,10-16H2,(H,23,26). The van der Waals surface area contributed by atoms with Crippen LogP contribution in [0.2, 0.25) is 0 Å². The maximum atomic E-state index is 12.9. The maximum absolute atomic E-state index is 12.9. The first-order valence-corrected chi connectivity index (χ1v) is 10.4. The number of nitrogens with zero attached hydrogens (tertiary/aromatic N) is 2. The normalized spacial score (nSPS) is 14.7. The minimum absolute atomic E-state index is 0.0685. The third kappa shape index (κ3) is 6.35. The Morgan fingerprint density at radius 2 is 1.61 bits per heavy atom. The number of halogens is 1. The smallest absolute Gasteiger partial charge is 0.234 e. The first-order valence-electron chi connectivity index (χ1n) is 9.27.